The molecule has 0 bridgehead atoms. The fourth-order valence-electron chi connectivity index (χ4n) is 2.33. The summed E-state index contributed by atoms with van der Waals surface area (Å²) in [5.41, 5.74) is 9.99. The first-order chi connectivity index (χ1) is 6.74. The summed E-state index contributed by atoms with van der Waals surface area (Å²) in [5, 5.41) is 0. The maximum Gasteiger partial charge on any atom is 0.252 e. The molecule has 2 rings (SSSR count). The van der Waals surface area contributed by atoms with Gasteiger partial charge in [0.05, 0.1) is 0 Å². The Morgan fingerprint density at radius 2 is 1.93 bits per heavy atom. The summed E-state index contributed by atoms with van der Waals surface area (Å²) in [5.74, 6) is 0. The van der Waals surface area contributed by atoms with Crippen LogP contribution in [0.15, 0.2) is 4.79 Å². The number of aryl methyl sites for hydroxylation is 1. The smallest absolute Gasteiger partial charge is 0.252 e. The maximum absolute atomic E-state index is 11.6. The van der Waals surface area contributed by atoms with Gasteiger partial charge in [-0.25, -0.2) is 0 Å². The lowest BCUT2D eigenvalue weighted by Crippen LogP contribution is -2.24. The van der Waals surface area contributed by atoms with Gasteiger partial charge in [-0.1, -0.05) is 0 Å². The predicted octanol–water partition coefficient (Wildman–Crippen LogP) is 1.02. The van der Waals surface area contributed by atoms with Crippen molar-refractivity contribution < 1.29 is 0 Å². The zero-order valence-corrected chi connectivity index (χ0v) is 8.52. The van der Waals surface area contributed by atoms with Crippen LogP contribution < -0.4 is 11.3 Å². The highest BCUT2D eigenvalue weighted by Crippen LogP contribution is 2.23. The van der Waals surface area contributed by atoms with Crippen molar-refractivity contribution in [2.24, 2.45) is 5.73 Å². The number of nitrogens with two attached hydrogens (primary N) is 1. The van der Waals surface area contributed by atoms with Crippen LogP contribution in [0, 0.1) is 6.92 Å². The Morgan fingerprint density at radius 1 is 1.29 bits per heavy atom. The van der Waals surface area contributed by atoms with E-state index < -0.39 is 0 Å². The van der Waals surface area contributed by atoms with Crippen LogP contribution in [0.2, 0.25) is 0 Å². The molecule has 0 aromatic carbocycles. The van der Waals surface area contributed by atoms with Crippen molar-refractivity contribution in [1.82, 2.24) is 4.98 Å². The lowest BCUT2D eigenvalue weighted by atomic mass is 9.88. The van der Waals surface area contributed by atoms with Crippen molar-refractivity contribution >= 4 is 0 Å². The molecule has 0 atom stereocenters. The lowest BCUT2D eigenvalue weighted by molar-refractivity contribution is 0.666. The van der Waals surface area contributed by atoms with Crippen molar-refractivity contribution in [3.8, 4) is 0 Å². The molecule has 1 aromatic rings. The topological polar surface area (TPSA) is 58.9 Å². The number of hydrogen-bond acceptors (Lipinski definition) is 2. The molecule has 0 amide bonds. The first kappa shape index (κ1) is 9.46. The van der Waals surface area contributed by atoms with E-state index in [1.54, 1.807) is 0 Å². The summed E-state index contributed by atoms with van der Waals surface area (Å²) < 4.78 is 0. The number of hydrogen-bond donors (Lipinski definition) is 2. The minimum atomic E-state index is 0.00523. The number of aromatic amines is 1. The Bertz CT molecular complexity index is 406. The van der Waals surface area contributed by atoms with Gasteiger partial charge in [0.15, 0.2) is 0 Å². The number of aromatic nitrogens is 1. The Hall–Kier alpha value is -1.09. The van der Waals surface area contributed by atoms with Crippen molar-refractivity contribution in [1.29, 1.82) is 0 Å². The number of rotatable bonds is 1. The van der Waals surface area contributed by atoms with E-state index in [0.29, 0.717) is 6.54 Å². The quantitative estimate of drug-likeness (QED) is 0.698. The van der Waals surface area contributed by atoms with Gasteiger partial charge in [-0.15, -0.1) is 0 Å². The molecule has 0 spiro atoms. The molecule has 1 heterocycles. The fourth-order valence-corrected chi connectivity index (χ4v) is 2.33. The summed E-state index contributed by atoms with van der Waals surface area (Å²) in [6.07, 6.45) is 4.52. The fraction of sp³-hybridized carbons (Fsp3) is 0.545. The number of H-pyrrole nitrogens is 1. The second-order valence-electron chi connectivity index (χ2n) is 3.93. The van der Waals surface area contributed by atoms with Gasteiger partial charge in [0.25, 0.3) is 5.56 Å². The molecule has 0 saturated carbocycles. The third-order valence-electron chi connectivity index (χ3n) is 3.06. The van der Waals surface area contributed by atoms with E-state index in [1.165, 1.54) is 24.0 Å². The van der Waals surface area contributed by atoms with E-state index >= 15 is 0 Å². The molecular formula is C11H16N2O. The summed E-state index contributed by atoms with van der Waals surface area (Å²) in [4.78, 5) is 14.5. The summed E-state index contributed by atoms with van der Waals surface area (Å²) in [6, 6.07) is 0. The summed E-state index contributed by atoms with van der Waals surface area (Å²) in [6.45, 7) is 2.34. The molecule has 0 unspecified atom stereocenters. The van der Waals surface area contributed by atoms with Gasteiger partial charge >= 0.3 is 0 Å². The second-order valence-corrected chi connectivity index (χ2v) is 3.93. The average molecular weight is 192 g/mol. The molecule has 3 nitrogen and oxygen atoms in total. The largest absolute Gasteiger partial charge is 0.326 e. The molecule has 0 fully saturated rings. The third-order valence-corrected chi connectivity index (χ3v) is 3.06. The van der Waals surface area contributed by atoms with Gasteiger partial charge in [-0.2, -0.15) is 0 Å². The standard InChI is InChI=1S/C11H16N2O/c1-7-8-4-2-3-5-9(8)10(6-12)11(14)13-7/h2-6,12H2,1H3,(H,13,14). The van der Waals surface area contributed by atoms with Gasteiger partial charge in [0.1, 0.15) is 0 Å². The number of nitrogens with one attached hydrogen (secondary N) is 1. The first-order valence-corrected chi connectivity index (χ1v) is 5.17. The Balaban J connectivity index is 2.67. The van der Waals surface area contributed by atoms with E-state index in [0.717, 1.165) is 24.1 Å². The lowest BCUT2D eigenvalue weighted by Gasteiger charge is -2.20. The molecule has 3 heteroatoms. The first-order valence-electron chi connectivity index (χ1n) is 5.17. The Labute approximate surface area is 83.3 Å². The van der Waals surface area contributed by atoms with Crippen LogP contribution in [0.4, 0.5) is 0 Å². The maximum atomic E-state index is 11.6. The predicted molar refractivity (Wildman–Crippen MR) is 56.3 cm³/mol. The molecular weight excluding hydrogens is 176 g/mol. The highest BCUT2D eigenvalue weighted by molar-refractivity contribution is 5.37. The highest BCUT2D eigenvalue weighted by Gasteiger charge is 2.17. The molecule has 76 valence electrons. The Kier molecular flexibility index (Phi) is 2.42. The molecule has 14 heavy (non-hydrogen) atoms. The van der Waals surface area contributed by atoms with Crippen molar-refractivity contribution in [3.05, 3.63) is 32.7 Å². The van der Waals surface area contributed by atoms with Gasteiger partial charge in [0.2, 0.25) is 0 Å². The zero-order valence-electron chi connectivity index (χ0n) is 8.52. The highest BCUT2D eigenvalue weighted by atomic mass is 16.1. The minimum absolute atomic E-state index is 0.00523. The van der Waals surface area contributed by atoms with Crippen LogP contribution in [0.5, 0.6) is 0 Å². The van der Waals surface area contributed by atoms with E-state index in [4.69, 9.17) is 5.73 Å². The zero-order chi connectivity index (χ0) is 10.1. The van der Waals surface area contributed by atoms with Gasteiger partial charge in [0, 0.05) is 17.8 Å². The van der Waals surface area contributed by atoms with Crippen molar-refractivity contribution in [2.75, 3.05) is 0 Å². The molecule has 3 N–H and O–H groups in total. The summed E-state index contributed by atoms with van der Waals surface area (Å²) >= 11 is 0. The van der Waals surface area contributed by atoms with Gasteiger partial charge in [-0.3, -0.25) is 4.79 Å². The van der Waals surface area contributed by atoms with Crippen LogP contribution in [0.25, 0.3) is 0 Å². The monoisotopic (exact) mass is 192 g/mol. The van der Waals surface area contributed by atoms with Gasteiger partial charge in [-0.05, 0) is 43.7 Å². The number of pyridine rings is 1. The number of fused-ring (bicyclic) bond motifs is 1. The van der Waals surface area contributed by atoms with E-state index in [9.17, 15) is 4.79 Å². The van der Waals surface area contributed by atoms with E-state index in [2.05, 4.69) is 4.98 Å². The third kappa shape index (κ3) is 1.38. The van der Waals surface area contributed by atoms with E-state index in [1.807, 2.05) is 6.92 Å². The van der Waals surface area contributed by atoms with E-state index in [-0.39, 0.29) is 5.56 Å². The molecule has 0 radical (unpaired) electrons. The van der Waals surface area contributed by atoms with Crippen LogP contribution in [0.1, 0.15) is 35.2 Å². The Morgan fingerprint density at radius 3 is 2.57 bits per heavy atom. The molecule has 1 aliphatic carbocycles. The van der Waals surface area contributed by atoms with Crippen molar-refractivity contribution in [2.45, 2.75) is 39.2 Å². The SMILES string of the molecule is Cc1[nH]c(=O)c(CN)c2c1CCCC2. The average Bonchev–Trinajstić information content (AvgIpc) is 2.18. The van der Waals surface area contributed by atoms with Crippen LogP contribution >= 0.6 is 0 Å². The normalized spacial score (nSPS) is 15.3. The molecule has 0 aliphatic heterocycles. The van der Waals surface area contributed by atoms with Crippen LogP contribution in [-0.2, 0) is 19.4 Å². The molecule has 1 aromatic heterocycles. The van der Waals surface area contributed by atoms with Crippen molar-refractivity contribution in [3.63, 3.8) is 0 Å². The van der Waals surface area contributed by atoms with Gasteiger partial charge < -0.3 is 10.7 Å². The van der Waals surface area contributed by atoms with Crippen LogP contribution in [-0.4, -0.2) is 4.98 Å². The summed E-state index contributed by atoms with van der Waals surface area (Å²) in [7, 11) is 0. The molecule has 1 aliphatic rings. The minimum Gasteiger partial charge on any atom is -0.326 e. The second kappa shape index (κ2) is 3.58. The molecule has 0 saturated heterocycles. The van der Waals surface area contributed by atoms with Crippen LogP contribution in [0.3, 0.4) is 0 Å².